The van der Waals surface area contributed by atoms with Crippen LogP contribution in [0.15, 0.2) is 0 Å². The van der Waals surface area contributed by atoms with E-state index in [9.17, 15) is 4.79 Å². The lowest BCUT2D eigenvalue weighted by Crippen LogP contribution is -2.40. The number of hydrogen-bond donors (Lipinski definition) is 3. The molecule has 1 unspecified atom stereocenters. The monoisotopic (exact) mass is 175 g/mol. The van der Waals surface area contributed by atoms with Gasteiger partial charge in [0.05, 0.1) is 6.04 Å². The van der Waals surface area contributed by atoms with Gasteiger partial charge in [-0.05, 0) is 14.0 Å². The van der Waals surface area contributed by atoms with Crippen molar-refractivity contribution in [1.82, 2.24) is 10.6 Å². The number of amides is 1. The van der Waals surface area contributed by atoms with E-state index in [0.717, 1.165) is 6.54 Å². The number of nitrogens with two attached hydrogens (primary N) is 1. The van der Waals surface area contributed by atoms with Crippen LogP contribution >= 0.6 is 0 Å². The fourth-order valence-corrected chi connectivity index (χ4v) is 0.472. The summed E-state index contributed by atoms with van der Waals surface area (Å²) in [6.07, 6.45) is 0. The van der Waals surface area contributed by atoms with Crippen LogP contribution in [0.3, 0.4) is 0 Å². The van der Waals surface area contributed by atoms with Gasteiger partial charge in [0.15, 0.2) is 0 Å². The van der Waals surface area contributed by atoms with Gasteiger partial charge in [0.1, 0.15) is 0 Å². The van der Waals surface area contributed by atoms with E-state index in [1.807, 2.05) is 20.9 Å². The minimum Gasteiger partial charge on any atom is -0.353 e. The van der Waals surface area contributed by atoms with Crippen LogP contribution in [-0.4, -0.2) is 32.1 Å². The van der Waals surface area contributed by atoms with Crippen LogP contribution in [-0.2, 0) is 4.79 Å². The molecule has 0 bridgehead atoms. The Labute approximate surface area is 74.9 Å². The molecule has 0 saturated carbocycles. The molecule has 0 saturated heterocycles. The van der Waals surface area contributed by atoms with E-state index >= 15 is 0 Å². The molecular formula is C8H21N3O. The summed E-state index contributed by atoms with van der Waals surface area (Å²) in [5.41, 5.74) is 5.29. The molecule has 74 valence electrons. The van der Waals surface area contributed by atoms with E-state index in [0.29, 0.717) is 6.54 Å². The molecule has 0 fully saturated rings. The number of rotatable bonds is 4. The summed E-state index contributed by atoms with van der Waals surface area (Å²) in [4.78, 5) is 10.8. The number of hydrogen-bond acceptors (Lipinski definition) is 3. The Bertz CT molecular complexity index is 104. The van der Waals surface area contributed by atoms with Crippen molar-refractivity contribution < 1.29 is 4.79 Å². The second-order valence-electron chi connectivity index (χ2n) is 2.18. The summed E-state index contributed by atoms with van der Waals surface area (Å²) >= 11 is 0. The number of carbonyl (C=O) groups excluding carboxylic acids is 1. The molecule has 0 rings (SSSR count). The standard InChI is InChI=1S/C6H15N3O.C2H6/c1-5(7)6(10)9-4-3-8-2;1-2/h5,8H,3-4,7H2,1-2H3,(H,9,10);1-2H3. The molecule has 0 aliphatic heterocycles. The van der Waals surface area contributed by atoms with Crippen molar-refractivity contribution >= 4 is 5.91 Å². The van der Waals surface area contributed by atoms with Crippen molar-refractivity contribution in [1.29, 1.82) is 0 Å². The van der Waals surface area contributed by atoms with Gasteiger partial charge in [-0.3, -0.25) is 4.79 Å². The Hall–Kier alpha value is -0.610. The van der Waals surface area contributed by atoms with Crippen LogP contribution in [0.5, 0.6) is 0 Å². The van der Waals surface area contributed by atoms with Gasteiger partial charge in [0, 0.05) is 13.1 Å². The van der Waals surface area contributed by atoms with Crippen molar-refractivity contribution in [3.05, 3.63) is 0 Å². The Morgan fingerprint density at radius 3 is 2.25 bits per heavy atom. The third-order valence-electron chi connectivity index (χ3n) is 1.09. The van der Waals surface area contributed by atoms with Crippen molar-refractivity contribution in [2.45, 2.75) is 26.8 Å². The third kappa shape index (κ3) is 9.39. The van der Waals surface area contributed by atoms with Crippen molar-refractivity contribution in [3.8, 4) is 0 Å². The van der Waals surface area contributed by atoms with E-state index in [2.05, 4.69) is 10.6 Å². The highest BCUT2D eigenvalue weighted by molar-refractivity contribution is 5.80. The molecule has 4 N–H and O–H groups in total. The predicted octanol–water partition coefficient (Wildman–Crippen LogP) is -0.305. The van der Waals surface area contributed by atoms with Crippen LogP contribution in [0, 0.1) is 0 Å². The average molecular weight is 175 g/mol. The van der Waals surface area contributed by atoms with E-state index in [1.54, 1.807) is 6.92 Å². The molecule has 0 heterocycles. The Morgan fingerprint density at radius 1 is 1.42 bits per heavy atom. The van der Waals surface area contributed by atoms with Gasteiger partial charge in [0.25, 0.3) is 0 Å². The first kappa shape index (κ1) is 13.9. The molecule has 4 heteroatoms. The van der Waals surface area contributed by atoms with E-state index < -0.39 is 6.04 Å². The average Bonchev–Trinajstić information content (AvgIpc) is 2.08. The zero-order valence-corrected chi connectivity index (χ0v) is 8.48. The van der Waals surface area contributed by atoms with Gasteiger partial charge < -0.3 is 16.4 Å². The van der Waals surface area contributed by atoms with Crippen LogP contribution in [0.25, 0.3) is 0 Å². The maximum absolute atomic E-state index is 10.8. The maximum Gasteiger partial charge on any atom is 0.236 e. The summed E-state index contributed by atoms with van der Waals surface area (Å²) in [7, 11) is 1.83. The molecule has 0 aromatic heterocycles. The molecule has 0 radical (unpaired) electrons. The summed E-state index contributed by atoms with van der Waals surface area (Å²) in [6.45, 7) is 7.07. The molecule has 0 aliphatic carbocycles. The first-order chi connectivity index (χ1) is 5.68. The quantitative estimate of drug-likeness (QED) is 0.514. The number of nitrogens with one attached hydrogen (secondary N) is 2. The molecule has 4 nitrogen and oxygen atoms in total. The van der Waals surface area contributed by atoms with E-state index in [1.165, 1.54) is 0 Å². The minimum atomic E-state index is -0.406. The Balaban J connectivity index is 0. The molecule has 0 aromatic carbocycles. The molecule has 1 amide bonds. The number of carbonyl (C=O) groups is 1. The third-order valence-corrected chi connectivity index (χ3v) is 1.09. The van der Waals surface area contributed by atoms with Crippen molar-refractivity contribution in [3.63, 3.8) is 0 Å². The first-order valence-electron chi connectivity index (χ1n) is 4.36. The molecule has 0 aromatic rings. The van der Waals surface area contributed by atoms with Crippen LogP contribution in [0.1, 0.15) is 20.8 Å². The van der Waals surface area contributed by atoms with Gasteiger partial charge in [-0.1, -0.05) is 13.8 Å². The topological polar surface area (TPSA) is 67.1 Å². The lowest BCUT2D eigenvalue weighted by atomic mass is 10.3. The Morgan fingerprint density at radius 2 is 1.92 bits per heavy atom. The zero-order chi connectivity index (χ0) is 9.98. The van der Waals surface area contributed by atoms with E-state index in [-0.39, 0.29) is 5.91 Å². The van der Waals surface area contributed by atoms with Gasteiger partial charge >= 0.3 is 0 Å². The highest BCUT2D eigenvalue weighted by Gasteiger charge is 2.03. The SMILES string of the molecule is CC.CNCCNC(=O)C(C)N. The van der Waals surface area contributed by atoms with E-state index in [4.69, 9.17) is 5.73 Å². The van der Waals surface area contributed by atoms with Gasteiger partial charge in [-0.25, -0.2) is 0 Å². The highest BCUT2D eigenvalue weighted by Crippen LogP contribution is 1.72. The maximum atomic E-state index is 10.8. The second-order valence-corrected chi connectivity index (χ2v) is 2.18. The fraction of sp³-hybridized carbons (Fsp3) is 0.875. The Kier molecular flexibility index (Phi) is 12.1. The predicted molar refractivity (Wildman–Crippen MR) is 51.9 cm³/mol. The lowest BCUT2D eigenvalue weighted by Gasteiger charge is -2.06. The highest BCUT2D eigenvalue weighted by atomic mass is 16.2. The van der Waals surface area contributed by atoms with Gasteiger partial charge in [-0.2, -0.15) is 0 Å². The molecule has 12 heavy (non-hydrogen) atoms. The second kappa shape index (κ2) is 10.4. The zero-order valence-electron chi connectivity index (χ0n) is 8.48. The van der Waals surface area contributed by atoms with Crippen LogP contribution in [0.4, 0.5) is 0 Å². The molecule has 0 spiro atoms. The number of likely N-dealkylation sites (N-methyl/N-ethyl adjacent to an activating group) is 1. The van der Waals surface area contributed by atoms with Crippen molar-refractivity contribution in [2.24, 2.45) is 5.73 Å². The fourth-order valence-electron chi connectivity index (χ4n) is 0.472. The first-order valence-corrected chi connectivity index (χ1v) is 4.36. The molecule has 1 atom stereocenters. The lowest BCUT2D eigenvalue weighted by molar-refractivity contribution is -0.121. The summed E-state index contributed by atoms with van der Waals surface area (Å²) < 4.78 is 0. The van der Waals surface area contributed by atoms with Crippen LogP contribution in [0.2, 0.25) is 0 Å². The normalized spacial score (nSPS) is 11.1. The smallest absolute Gasteiger partial charge is 0.236 e. The summed E-state index contributed by atoms with van der Waals surface area (Å²) in [5.74, 6) is -0.102. The van der Waals surface area contributed by atoms with Gasteiger partial charge in [0.2, 0.25) is 5.91 Å². The van der Waals surface area contributed by atoms with Crippen molar-refractivity contribution in [2.75, 3.05) is 20.1 Å². The van der Waals surface area contributed by atoms with Crippen LogP contribution < -0.4 is 16.4 Å². The molecular weight excluding hydrogens is 154 g/mol. The summed E-state index contributed by atoms with van der Waals surface area (Å²) in [5, 5.41) is 5.56. The summed E-state index contributed by atoms with van der Waals surface area (Å²) in [6, 6.07) is -0.406. The van der Waals surface area contributed by atoms with Gasteiger partial charge in [-0.15, -0.1) is 0 Å². The molecule has 0 aliphatic rings. The largest absolute Gasteiger partial charge is 0.353 e. The minimum absolute atomic E-state index is 0.102.